The summed E-state index contributed by atoms with van der Waals surface area (Å²) in [4.78, 5) is 98.1. The van der Waals surface area contributed by atoms with Crippen LogP contribution in [0, 0.1) is 11.3 Å². The van der Waals surface area contributed by atoms with Crippen LogP contribution in [0.25, 0.3) is 11.2 Å². The minimum Gasteiger partial charge on any atom is -0.479 e. The van der Waals surface area contributed by atoms with Crippen molar-refractivity contribution < 1.29 is 95.5 Å². The van der Waals surface area contributed by atoms with Gasteiger partial charge in [0.2, 0.25) is 11.8 Å². The van der Waals surface area contributed by atoms with Gasteiger partial charge in [-0.3, -0.25) is 32.5 Å². The number of nitrogens with zero attached hydrogens (tertiary/aromatic N) is 4. The SMILES string of the molecule is C[C@@H](C(=O)SCCNC(=O)CCNC(=O)[C@H](O)C(C)(C)COP(=O)(O)OP(=O)(O)OC[C@H]1O[C@@H](n2cnc3c(N)ncnc32)[C@H](O)[C@@H]1OP(=O)(O)O)[C@@H](O)C(=O)O. The molecule has 57 heavy (non-hydrogen) atoms. The molecule has 2 amide bonds. The number of hydrogen-bond acceptors (Lipinski definition) is 20. The summed E-state index contributed by atoms with van der Waals surface area (Å²) >= 11 is 0.701. The number of amides is 2. The average Bonchev–Trinajstić information content (AvgIpc) is 3.67. The number of hydrogen-bond donors (Lipinski definition) is 11. The minimum absolute atomic E-state index is 0.0129. The summed E-state index contributed by atoms with van der Waals surface area (Å²) in [5.74, 6) is -4.35. The molecule has 0 saturated carbocycles. The Bertz CT molecular complexity index is 1920. The quantitative estimate of drug-likeness (QED) is 0.0439. The number of aromatic nitrogens is 4. The molecule has 322 valence electrons. The molecule has 3 rings (SSSR count). The number of carbonyl (C=O) groups excluding carboxylic acids is 3. The van der Waals surface area contributed by atoms with Crippen molar-refractivity contribution in [1.29, 1.82) is 0 Å². The number of aliphatic carboxylic acids is 1. The lowest BCUT2D eigenvalue weighted by molar-refractivity contribution is -0.151. The van der Waals surface area contributed by atoms with Crippen LogP contribution in [0.4, 0.5) is 5.82 Å². The fourth-order valence-corrected chi connectivity index (χ4v) is 8.38. The van der Waals surface area contributed by atoms with E-state index >= 15 is 0 Å². The van der Waals surface area contributed by atoms with Crippen molar-refractivity contribution in [3.63, 3.8) is 0 Å². The second-order valence-electron chi connectivity index (χ2n) is 12.8. The van der Waals surface area contributed by atoms with Crippen LogP contribution in [0.2, 0.25) is 0 Å². The Balaban J connectivity index is 1.48. The molecule has 1 aliphatic rings. The Hall–Kier alpha value is -3.01. The van der Waals surface area contributed by atoms with Gasteiger partial charge in [-0.05, 0) is 0 Å². The first-order valence-corrected chi connectivity index (χ1v) is 21.7. The predicted octanol–water partition coefficient (Wildman–Crippen LogP) is -2.25. The molecule has 2 aromatic rings. The number of rotatable bonds is 22. The van der Waals surface area contributed by atoms with Gasteiger partial charge in [0, 0.05) is 30.7 Å². The molecule has 0 radical (unpaired) electrons. The highest BCUT2D eigenvalue weighted by molar-refractivity contribution is 8.13. The molecule has 1 saturated heterocycles. The van der Waals surface area contributed by atoms with Gasteiger partial charge in [0.15, 0.2) is 28.9 Å². The molecule has 2 aromatic heterocycles. The van der Waals surface area contributed by atoms with Crippen LogP contribution in [-0.2, 0) is 55.5 Å². The second-order valence-corrected chi connectivity index (χ2v) is 18.1. The van der Waals surface area contributed by atoms with E-state index in [2.05, 4.69) is 34.4 Å². The van der Waals surface area contributed by atoms with Crippen LogP contribution in [0.15, 0.2) is 12.7 Å². The standard InChI is InChI=1S/C26H42N7O20P3S/c1-12(16(35)24(39)40)25(41)57-7-6-28-14(34)4-5-29-22(38)19(37)26(2,3)9-50-56(47,48)53-55(45,46)49-8-13-18(52-54(42,43)44)17(36)23(51-13)33-11-32-15-20(27)30-10-31-21(15)33/h10-13,16-19,23,35-37H,4-9H2,1-3H3,(H,28,34)(H,29,38)(H,39,40)(H,45,46)(H,47,48)(H2,27,30,31)(H2,42,43,44)/t12-,13-,16-,17-,18-,19+,23-/m1/s1. The zero-order chi connectivity index (χ0) is 43.1. The van der Waals surface area contributed by atoms with E-state index in [1.807, 2.05) is 0 Å². The number of carboxylic acid groups (broad SMARTS) is 1. The molecule has 2 unspecified atom stereocenters. The van der Waals surface area contributed by atoms with E-state index in [1.54, 1.807) is 0 Å². The molecule has 1 aliphatic heterocycles. The first kappa shape index (κ1) is 48.4. The first-order valence-electron chi connectivity index (χ1n) is 16.2. The Morgan fingerprint density at radius 1 is 1.04 bits per heavy atom. The average molecular weight is 898 g/mol. The number of thioether (sulfide) groups is 1. The number of nitrogen functional groups attached to an aromatic ring is 1. The van der Waals surface area contributed by atoms with Gasteiger partial charge >= 0.3 is 29.4 Å². The number of fused-ring (bicyclic) bond motifs is 1. The molecule has 0 aromatic carbocycles. The van der Waals surface area contributed by atoms with Crippen molar-refractivity contribution in [3.8, 4) is 0 Å². The number of ether oxygens (including phenoxy) is 1. The van der Waals surface area contributed by atoms with Crippen LogP contribution in [0.1, 0.15) is 33.4 Å². The number of aliphatic hydroxyl groups excluding tert-OH is 3. The van der Waals surface area contributed by atoms with E-state index in [1.165, 1.54) is 20.8 Å². The molecule has 1 fully saturated rings. The molecule has 31 heteroatoms. The maximum Gasteiger partial charge on any atom is 0.481 e. The molecule has 3 heterocycles. The predicted molar refractivity (Wildman–Crippen MR) is 190 cm³/mol. The Kier molecular flexibility index (Phi) is 16.8. The van der Waals surface area contributed by atoms with Gasteiger partial charge in [-0.1, -0.05) is 32.5 Å². The van der Waals surface area contributed by atoms with Crippen molar-refractivity contribution in [2.75, 3.05) is 37.8 Å². The molecule has 0 aliphatic carbocycles. The minimum atomic E-state index is -5.60. The van der Waals surface area contributed by atoms with E-state index in [-0.39, 0.29) is 42.2 Å². The lowest BCUT2D eigenvalue weighted by atomic mass is 9.87. The monoisotopic (exact) mass is 897 g/mol. The number of aliphatic hydroxyl groups is 3. The highest BCUT2D eigenvalue weighted by atomic mass is 32.2. The maximum absolute atomic E-state index is 12.7. The molecule has 27 nitrogen and oxygen atoms in total. The molecule has 12 N–H and O–H groups in total. The lowest BCUT2D eigenvalue weighted by Gasteiger charge is -2.30. The second kappa shape index (κ2) is 19.8. The van der Waals surface area contributed by atoms with Crippen LogP contribution in [0.5, 0.6) is 0 Å². The molecular formula is C26H42N7O20P3S. The Morgan fingerprint density at radius 2 is 1.68 bits per heavy atom. The molecule has 9 atom stereocenters. The van der Waals surface area contributed by atoms with Gasteiger partial charge < -0.3 is 61.1 Å². The van der Waals surface area contributed by atoms with Crippen LogP contribution < -0.4 is 16.4 Å². The number of carboxylic acids is 1. The summed E-state index contributed by atoms with van der Waals surface area (Å²) in [7, 11) is -16.5. The van der Waals surface area contributed by atoms with Gasteiger partial charge in [0.05, 0.1) is 25.5 Å². The van der Waals surface area contributed by atoms with Crippen LogP contribution >= 0.6 is 35.2 Å². The summed E-state index contributed by atoms with van der Waals surface area (Å²) < 4.78 is 61.9. The third-order valence-electron chi connectivity index (χ3n) is 7.84. The fraction of sp³-hybridized carbons (Fsp3) is 0.654. The lowest BCUT2D eigenvalue weighted by Crippen LogP contribution is -2.46. The Morgan fingerprint density at radius 3 is 2.32 bits per heavy atom. The highest BCUT2D eigenvalue weighted by Crippen LogP contribution is 2.61. The number of anilines is 1. The van der Waals surface area contributed by atoms with Crippen molar-refractivity contribution in [1.82, 2.24) is 30.2 Å². The van der Waals surface area contributed by atoms with Gasteiger partial charge in [-0.2, -0.15) is 4.31 Å². The number of phosphoric acid groups is 3. The number of carbonyl (C=O) groups is 4. The third kappa shape index (κ3) is 14.1. The zero-order valence-electron chi connectivity index (χ0n) is 30.0. The van der Waals surface area contributed by atoms with Crippen molar-refractivity contribution in [2.45, 2.75) is 63.9 Å². The van der Waals surface area contributed by atoms with E-state index in [9.17, 15) is 67.8 Å². The molecule has 0 bridgehead atoms. The summed E-state index contributed by atoms with van der Waals surface area (Å²) in [6, 6.07) is 0. The maximum atomic E-state index is 12.7. The van der Waals surface area contributed by atoms with Gasteiger partial charge in [0.1, 0.15) is 36.3 Å². The highest BCUT2D eigenvalue weighted by Gasteiger charge is 2.50. The van der Waals surface area contributed by atoms with Crippen molar-refractivity contribution >= 4 is 75.1 Å². The smallest absolute Gasteiger partial charge is 0.479 e. The fourth-order valence-electron chi connectivity index (χ4n) is 4.76. The third-order valence-corrected chi connectivity index (χ3v) is 12.0. The first-order chi connectivity index (χ1) is 26.2. The van der Waals surface area contributed by atoms with E-state index in [4.69, 9.17) is 24.6 Å². The summed E-state index contributed by atoms with van der Waals surface area (Å²) in [6.07, 6.45) is -9.08. The number of imidazole rings is 1. The van der Waals surface area contributed by atoms with Crippen molar-refractivity contribution in [3.05, 3.63) is 12.7 Å². The van der Waals surface area contributed by atoms with E-state index in [0.29, 0.717) is 11.8 Å². The largest absolute Gasteiger partial charge is 0.481 e. The van der Waals surface area contributed by atoms with Gasteiger partial charge in [0.25, 0.3) is 0 Å². The molecule has 0 spiro atoms. The number of nitrogens with one attached hydrogen (secondary N) is 2. The van der Waals surface area contributed by atoms with Gasteiger partial charge in [-0.25, -0.2) is 33.4 Å². The van der Waals surface area contributed by atoms with E-state index in [0.717, 1.165) is 17.2 Å². The number of phosphoric ester groups is 3. The number of nitrogens with two attached hydrogens (primary N) is 1. The zero-order valence-corrected chi connectivity index (χ0v) is 33.5. The summed E-state index contributed by atoms with van der Waals surface area (Å²) in [5.41, 5.74) is 4.16. The topological polar surface area (TPSA) is 421 Å². The van der Waals surface area contributed by atoms with Crippen molar-refractivity contribution in [2.24, 2.45) is 11.3 Å². The van der Waals surface area contributed by atoms with Gasteiger partial charge in [-0.15, -0.1) is 0 Å². The Labute approximate surface area is 326 Å². The van der Waals surface area contributed by atoms with Crippen LogP contribution in [0.3, 0.4) is 0 Å². The normalized spacial score (nSPS) is 22.6. The summed E-state index contributed by atoms with van der Waals surface area (Å²) in [5, 5.41) is 43.7. The summed E-state index contributed by atoms with van der Waals surface area (Å²) in [6.45, 7) is 1.26. The molecular weight excluding hydrogens is 855 g/mol. The van der Waals surface area contributed by atoms with E-state index < -0.39 is 108 Å². The van der Waals surface area contributed by atoms with Crippen LogP contribution in [-0.4, -0.2) is 145 Å².